The third kappa shape index (κ3) is 7.44. The summed E-state index contributed by atoms with van der Waals surface area (Å²) in [7, 11) is 3.35. The van der Waals surface area contributed by atoms with E-state index in [0.29, 0.717) is 25.7 Å². The van der Waals surface area contributed by atoms with Crippen molar-refractivity contribution in [1.29, 1.82) is 0 Å². The molecule has 0 rings (SSSR count). The molecule has 0 aromatic rings. The molecule has 0 saturated carbocycles. The summed E-state index contributed by atoms with van der Waals surface area (Å²) in [5.41, 5.74) is 2.54. The molecule has 0 fully saturated rings. The van der Waals surface area contributed by atoms with Crippen LogP contribution in [0.15, 0.2) is 4.99 Å². The highest BCUT2D eigenvalue weighted by molar-refractivity contribution is 5.79. The molecule has 16 heavy (non-hydrogen) atoms. The number of rotatable bonds is 8. The van der Waals surface area contributed by atoms with Crippen molar-refractivity contribution in [2.75, 3.05) is 34.0 Å². The lowest BCUT2D eigenvalue weighted by molar-refractivity contribution is 0.171. The Bertz CT molecular complexity index is 188. The summed E-state index contributed by atoms with van der Waals surface area (Å²) < 4.78 is 10.0. The second-order valence-corrected chi connectivity index (χ2v) is 3.43. The Hall–Kier alpha value is -0.850. The van der Waals surface area contributed by atoms with E-state index in [4.69, 9.17) is 15.3 Å². The molecule has 1 atom stereocenters. The van der Waals surface area contributed by atoms with Crippen molar-refractivity contribution in [2.45, 2.75) is 25.8 Å². The molecule has 96 valence electrons. The first-order valence-corrected chi connectivity index (χ1v) is 5.53. The molecule has 0 aromatic heterocycles. The summed E-state index contributed by atoms with van der Waals surface area (Å²) in [5, 5.41) is 3.18. The second kappa shape index (κ2) is 10.7. The molecule has 0 spiro atoms. The molecule has 0 saturated heterocycles. The minimum absolute atomic E-state index is 0.224. The molecule has 4 N–H and O–H groups in total. The van der Waals surface area contributed by atoms with Gasteiger partial charge >= 0.3 is 0 Å². The van der Waals surface area contributed by atoms with E-state index in [0.717, 1.165) is 12.8 Å². The molecule has 0 bridgehead atoms. The fourth-order valence-electron chi connectivity index (χ4n) is 1.19. The minimum Gasteiger partial charge on any atom is -0.385 e. The van der Waals surface area contributed by atoms with Crippen LogP contribution in [0.2, 0.25) is 0 Å². The molecule has 6 nitrogen and oxygen atoms in total. The third-order valence-corrected chi connectivity index (χ3v) is 2.11. The van der Waals surface area contributed by atoms with Crippen molar-refractivity contribution < 1.29 is 9.47 Å². The highest BCUT2D eigenvalue weighted by Crippen LogP contribution is 1.91. The topological polar surface area (TPSA) is 80.9 Å². The van der Waals surface area contributed by atoms with Crippen LogP contribution in [0.4, 0.5) is 0 Å². The van der Waals surface area contributed by atoms with E-state index in [1.54, 1.807) is 14.2 Å². The Balaban J connectivity index is 3.95. The zero-order valence-electron chi connectivity index (χ0n) is 10.5. The lowest BCUT2D eigenvalue weighted by Crippen LogP contribution is -2.47. The van der Waals surface area contributed by atoms with Gasteiger partial charge in [-0.05, 0) is 12.8 Å². The van der Waals surface area contributed by atoms with E-state index >= 15 is 0 Å². The first-order valence-electron chi connectivity index (χ1n) is 5.53. The van der Waals surface area contributed by atoms with Crippen LogP contribution in [-0.4, -0.2) is 46.0 Å². The van der Waals surface area contributed by atoms with Crippen LogP contribution in [0.1, 0.15) is 19.8 Å². The molecule has 0 aromatic carbocycles. The van der Waals surface area contributed by atoms with Crippen molar-refractivity contribution >= 4 is 5.96 Å². The summed E-state index contributed by atoms with van der Waals surface area (Å²) >= 11 is 0. The number of ether oxygens (including phenoxy) is 2. The average molecular weight is 232 g/mol. The molecule has 0 aliphatic rings. The second-order valence-electron chi connectivity index (χ2n) is 3.43. The summed E-state index contributed by atoms with van der Waals surface area (Å²) in [6.45, 7) is 4.10. The van der Waals surface area contributed by atoms with E-state index in [9.17, 15) is 0 Å². The SMILES string of the molecule is CCC(COC)NC(=NCCCOC)NN. The monoisotopic (exact) mass is 232 g/mol. The van der Waals surface area contributed by atoms with Crippen LogP contribution in [0.5, 0.6) is 0 Å². The van der Waals surface area contributed by atoms with Crippen LogP contribution in [0.3, 0.4) is 0 Å². The smallest absolute Gasteiger partial charge is 0.206 e. The Morgan fingerprint density at radius 2 is 2.12 bits per heavy atom. The van der Waals surface area contributed by atoms with Crippen molar-refractivity contribution in [3.63, 3.8) is 0 Å². The standard InChI is InChI=1S/C10H24N4O2/c1-4-9(8-16-3)13-10(14-11)12-6-5-7-15-2/h9H,4-8,11H2,1-3H3,(H2,12,13,14). The van der Waals surface area contributed by atoms with Crippen molar-refractivity contribution in [3.05, 3.63) is 0 Å². The molecular weight excluding hydrogens is 208 g/mol. The zero-order chi connectivity index (χ0) is 12.2. The molecular formula is C10H24N4O2. The Morgan fingerprint density at radius 3 is 2.62 bits per heavy atom. The van der Waals surface area contributed by atoms with E-state index in [1.165, 1.54) is 0 Å². The number of hydrazine groups is 1. The summed E-state index contributed by atoms with van der Waals surface area (Å²) in [5.74, 6) is 5.97. The van der Waals surface area contributed by atoms with Crippen LogP contribution in [0.25, 0.3) is 0 Å². The molecule has 0 aliphatic carbocycles. The van der Waals surface area contributed by atoms with E-state index < -0.39 is 0 Å². The lowest BCUT2D eigenvalue weighted by Gasteiger charge is -2.18. The molecule has 1 unspecified atom stereocenters. The minimum atomic E-state index is 0.224. The fourth-order valence-corrected chi connectivity index (χ4v) is 1.19. The van der Waals surface area contributed by atoms with Gasteiger partial charge in [-0.25, -0.2) is 5.84 Å². The van der Waals surface area contributed by atoms with Crippen molar-refractivity contribution in [3.8, 4) is 0 Å². The van der Waals surface area contributed by atoms with Crippen LogP contribution < -0.4 is 16.6 Å². The quantitative estimate of drug-likeness (QED) is 0.178. The van der Waals surface area contributed by atoms with Crippen LogP contribution >= 0.6 is 0 Å². The molecule has 0 radical (unpaired) electrons. The Labute approximate surface area is 97.6 Å². The Kier molecular flexibility index (Phi) is 10.1. The first kappa shape index (κ1) is 15.2. The maximum Gasteiger partial charge on any atom is 0.206 e. The normalized spacial score (nSPS) is 13.6. The maximum atomic E-state index is 5.37. The predicted octanol–water partition coefficient (Wildman–Crippen LogP) is -0.143. The highest BCUT2D eigenvalue weighted by atomic mass is 16.5. The van der Waals surface area contributed by atoms with Gasteiger partial charge in [0.2, 0.25) is 5.96 Å². The largest absolute Gasteiger partial charge is 0.385 e. The van der Waals surface area contributed by atoms with Crippen LogP contribution in [-0.2, 0) is 9.47 Å². The summed E-state index contributed by atoms with van der Waals surface area (Å²) in [6, 6.07) is 0.224. The van der Waals surface area contributed by atoms with E-state index in [2.05, 4.69) is 22.7 Å². The van der Waals surface area contributed by atoms with Gasteiger partial charge in [0, 0.05) is 27.4 Å². The van der Waals surface area contributed by atoms with Crippen molar-refractivity contribution in [2.24, 2.45) is 10.8 Å². The van der Waals surface area contributed by atoms with Gasteiger partial charge in [0.25, 0.3) is 0 Å². The number of nitrogens with one attached hydrogen (secondary N) is 2. The number of hydrogen-bond acceptors (Lipinski definition) is 4. The third-order valence-electron chi connectivity index (χ3n) is 2.11. The van der Waals surface area contributed by atoms with Gasteiger partial charge in [0.15, 0.2) is 0 Å². The lowest BCUT2D eigenvalue weighted by atomic mass is 10.2. The molecule has 0 amide bonds. The molecule has 0 heterocycles. The predicted molar refractivity (Wildman–Crippen MR) is 65.2 cm³/mol. The highest BCUT2D eigenvalue weighted by Gasteiger charge is 2.06. The molecule has 6 heteroatoms. The zero-order valence-corrected chi connectivity index (χ0v) is 10.5. The van der Waals surface area contributed by atoms with Gasteiger partial charge in [0.05, 0.1) is 12.6 Å². The van der Waals surface area contributed by atoms with Gasteiger partial charge in [-0.2, -0.15) is 0 Å². The summed E-state index contributed by atoms with van der Waals surface area (Å²) in [6.07, 6.45) is 1.83. The van der Waals surface area contributed by atoms with Gasteiger partial charge < -0.3 is 14.8 Å². The number of nitrogens with two attached hydrogens (primary N) is 1. The number of guanidine groups is 1. The first-order chi connectivity index (χ1) is 7.78. The van der Waals surface area contributed by atoms with Crippen molar-refractivity contribution in [1.82, 2.24) is 10.7 Å². The van der Waals surface area contributed by atoms with E-state index in [1.807, 2.05) is 0 Å². The maximum absolute atomic E-state index is 5.37. The molecule has 0 aliphatic heterocycles. The number of hydrogen-bond donors (Lipinski definition) is 3. The number of aliphatic imine (C=N–C) groups is 1. The Morgan fingerprint density at radius 1 is 1.38 bits per heavy atom. The fraction of sp³-hybridized carbons (Fsp3) is 0.900. The van der Waals surface area contributed by atoms with Crippen LogP contribution in [0, 0.1) is 0 Å². The van der Waals surface area contributed by atoms with E-state index in [-0.39, 0.29) is 6.04 Å². The van der Waals surface area contributed by atoms with Gasteiger partial charge in [-0.3, -0.25) is 10.4 Å². The van der Waals surface area contributed by atoms with Gasteiger partial charge in [0.1, 0.15) is 0 Å². The van der Waals surface area contributed by atoms with Gasteiger partial charge in [-0.1, -0.05) is 6.92 Å². The summed E-state index contributed by atoms with van der Waals surface area (Å²) in [4.78, 5) is 4.28. The average Bonchev–Trinajstić information content (AvgIpc) is 2.31. The van der Waals surface area contributed by atoms with Gasteiger partial charge in [-0.15, -0.1) is 0 Å². The number of nitrogens with zero attached hydrogens (tertiary/aromatic N) is 1. The number of methoxy groups -OCH3 is 2.